The first-order chi connectivity index (χ1) is 24.1. The third-order valence-electron chi connectivity index (χ3n) is 9.36. The van der Waals surface area contributed by atoms with Crippen molar-refractivity contribution in [1.29, 1.82) is 5.26 Å². The Morgan fingerprint density at radius 1 is 1.08 bits per heavy atom. The number of morpholine rings is 1. The highest BCUT2D eigenvalue weighted by Gasteiger charge is 2.33. The fraction of sp³-hybridized carbons (Fsp3) is 0.400. The summed E-state index contributed by atoms with van der Waals surface area (Å²) < 4.78 is 19.5. The molecule has 262 valence electrons. The molecule has 15 heteroatoms. The lowest BCUT2D eigenvalue weighted by molar-refractivity contribution is 0.0570. The zero-order valence-corrected chi connectivity index (χ0v) is 30.4. The molecular weight excluding hydrogens is 698 g/mol. The average Bonchev–Trinajstić information content (AvgIpc) is 3.81. The highest BCUT2D eigenvalue weighted by atomic mass is 35.5. The number of piperidine rings is 1. The first-order valence-corrected chi connectivity index (χ1v) is 18.3. The molecule has 2 saturated heterocycles. The Kier molecular flexibility index (Phi) is 9.93. The van der Waals surface area contributed by atoms with Gasteiger partial charge in [-0.05, 0) is 63.9 Å². The van der Waals surface area contributed by atoms with Gasteiger partial charge in [0.1, 0.15) is 17.9 Å². The molecule has 0 bridgehead atoms. The van der Waals surface area contributed by atoms with E-state index < -0.39 is 5.82 Å². The van der Waals surface area contributed by atoms with E-state index in [2.05, 4.69) is 79.8 Å². The molecule has 11 nitrogen and oxygen atoms in total. The number of benzene rings is 2. The van der Waals surface area contributed by atoms with Crippen molar-refractivity contribution in [3.05, 3.63) is 80.9 Å². The first-order valence-electron chi connectivity index (χ1n) is 16.6. The predicted octanol–water partition coefficient (Wildman–Crippen LogP) is 7.17. The zero-order chi connectivity index (χ0) is 35.0. The first kappa shape index (κ1) is 34.5. The van der Waals surface area contributed by atoms with Crippen LogP contribution < -0.4 is 26.5 Å². The third kappa shape index (κ3) is 7.28. The van der Waals surface area contributed by atoms with Gasteiger partial charge in [-0.3, -0.25) is 14.9 Å². The predicted molar refractivity (Wildman–Crippen MR) is 198 cm³/mol. The van der Waals surface area contributed by atoms with Crippen molar-refractivity contribution in [3.8, 4) is 6.07 Å². The maximum absolute atomic E-state index is 13.9. The quantitative estimate of drug-likeness (QED) is 0.148. The van der Waals surface area contributed by atoms with E-state index in [1.54, 1.807) is 17.4 Å². The molecule has 5 heterocycles. The number of nitrogens with one attached hydrogen (secondary N) is 4. The second-order valence-electron chi connectivity index (χ2n) is 13.6. The van der Waals surface area contributed by atoms with E-state index in [0.29, 0.717) is 57.8 Å². The van der Waals surface area contributed by atoms with Crippen LogP contribution in [0.3, 0.4) is 0 Å². The van der Waals surface area contributed by atoms with Crippen molar-refractivity contribution in [2.45, 2.75) is 51.2 Å². The summed E-state index contributed by atoms with van der Waals surface area (Å²) in [6.45, 7) is 11.8. The van der Waals surface area contributed by atoms with E-state index >= 15 is 0 Å². The molecule has 4 aromatic rings. The van der Waals surface area contributed by atoms with E-state index in [0.717, 1.165) is 55.5 Å². The number of thiazole rings is 1. The molecule has 4 N–H and O–H groups in total. The Balaban J connectivity index is 1.23. The summed E-state index contributed by atoms with van der Waals surface area (Å²) in [7, 11) is 0. The van der Waals surface area contributed by atoms with E-state index in [1.807, 2.05) is 12.1 Å². The standard InChI is InChI=1S/C35H39Cl2FN10OS/c1-35(2,3)47-8-6-24(7-9-47)48-19-29(44-45-48)33(30-20-50-34(43-30)46-10-12-49-13-11-46)42-23-14-25-31(41-22-4-5-28(38)26(36)15-22)21(17-39)18-40-32(25)27(37)16-23/h4-5,14-16,18-20,24,33,42,44-45H,6-13H2,1-3H3,(H,40,41)/t33-/m1/s1. The van der Waals surface area contributed by atoms with E-state index in [1.165, 1.54) is 18.3 Å². The molecule has 0 saturated carbocycles. The lowest BCUT2D eigenvalue weighted by Gasteiger charge is -2.42. The van der Waals surface area contributed by atoms with Crippen molar-refractivity contribution in [2.24, 2.45) is 0 Å². The second-order valence-corrected chi connectivity index (χ2v) is 15.3. The number of halogens is 3. The molecule has 2 fully saturated rings. The number of nitriles is 1. The number of likely N-dealkylation sites (tertiary alicyclic amines) is 1. The van der Waals surface area contributed by atoms with Crippen LogP contribution in [-0.2, 0) is 4.74 Å². The molecule has 7 rings (SSSR count). The Morgan fingerprint density at radius 3 is 2.56 bits per heavy atom. The second kappa shape index (κ2) is 14.4. The number of aromatic nitrogens is 2. The van der Waals surface area contributed by atoms with E-state index in [9.17, 15) is 9.65 Å². The highest BCUT2D eigenvalue weighted by molar-refractivity contribution is 7.13. The highest BCUT2D eigenvalue weighted by Crippen LogP contribution is 2.38. The number of hydrogen-bond donors (Lipinski definition) is 4. The van der Waals surface area contributed by atoms with Crippen LogP contribution in [0.25, 0.3) is 10.9 Å². The van der Waals surface area contributed by atoms with Gasteiger partial charge in [0.25, 0.3) is 0 Å². The Bertz CT molecular complexity index is 1950. The number of hydrogen-bond acceptors (Lipinski definition) is 12. The number of anilines is 4. The largest absolute Gasteiger partial charge is 0.378 e. The molecule has 3 aliphatic heterocycles. The van der Waals surface area contributed by atoms with Crippen molar-refractivity contribution < 1.29 is 9.13 Å². The van der Waals surface area contributed by atoms with Crippen LogP contribution >= 0.6 is 34.5 Å². The molecule has 0 spiro atoms. The van der Waals surface area contributed by atoms with Gasteiger partial charge in [-0.1, -0.05) is 23.2 Å². The molecule has 3 aliphatic rings. The van der Waals surface area contributed by atoms with Gasteiger partial charge in [0, 0.05) is 72.3 Å². The van der Waals surface area contributed by atoms with E-state index in [-0.39, 0.29) is 16.6 Å². The van der Waals surface area contributed by atoms with E-state index in [4.69, 9.17) is 32.9 Å². The number of ether oxygens (including phenoxy) is 1. The number of rotatable bonds is 8. The number of pyridine rings is 1. The topological polar surface area (TPSA) is 117 Å². The SMILES string of the molecule is CC(C)(C)N1CCC(N2C=C([C@@H](Nc3cc(Cl)c4ncc(C#N)c(Nc5ccc(F)c(Cl)c5)c4c3)c3csc(N4CCOCC4)n3)NN2)CC1. The molecule has 0 radical (unpaired) electrons. The van der Waals surface area contributed by atoms with Crippen LogP contribution in [0.1, 0.15) is 50.9 Å². The van der Waals surface area contributed by atoms with Gasteiger partial charge in [-0.15, -0.1) is 16.9 Å². The minimum atomic E-state index is -0.532. The summed E-state index contributed by atoms with van der Waals surface area (Å²) >= 11 is 14.6. The number of fused-ring (bicyclic) bond motifs is 1. The summed E-state index contributed by atoms with van der Waals surface area (Å²) in [6.07, 6.45) is 5.68. The average molecular weight is 738 g/mol. The molecule has 0 unspecified atom stereocenters. The van der Waals surface area contributed by atoms with Crippen molar-refractivity contribution >= 4 is 67.6 Å². The van der Waals surface area contributed by atoms with Crippen LogP contribution in [0.4, 0.5) is 26.6 Å². The van der Waals surface area contributed by atoms with Crippen LogP contribution in [0.5, 0.6) is 0 Å². The molecule has 0 aliphatic carbocycles. The minimum Gasteiger partial charge on any atom is -0.378 e. The Morgan fingerprint density at radius 2 is 1.84 bits per heavy atom. The Hall–Kier alpha value is -3.90. The van der Waals surface area contributed by atoms with Gasteiger partial charge < -0.3 is 25.7 Å². The van der Waals surface area contributed by atoms with Crippen molar-refractivity contribution in [3.63, 3.8) is 0 Å². The van der Waals surface area contributed by atoms with Crippen LogP contribution in [0.15, 0.2) is 53.8 Å². The fourth-order valence-electron chi connectivity index (χ4n) is 6.57. The van der Waals surface area contributed by atoms with Gasteiger partial charge in [-0.25, -0.2) is 9.37 Å². The summed E-state index contributed by atoms with van der Waals surface area (Å²) in [5.41, 5.74) is 11.2. The Labute approximate surface area is 305 Å². The van der Waals surface area contributed by atoms with Crippen LogP contribution in [0, 0.1) is 17.1 Å². The summed E-state index contributed by atoms with van der Waals surface area (Å²) in [5.74, 6) is -0.532. The minimum absolute atomic E-state index is 0.0328. The van der Waals surface area contributed by atoms with Crippen LogP contribution in [0.2, 0.25) is 10.0 Å². The summed E-state index contributed by atoms with van der Waals surface area (Å²) in [5, 5.41) is 23.1. The molecule has 2 aromatic heterocycles. The van der Waals surface area contributed by atoms with Gasteiger partial charge in [-0.2, -0.15) is 5.26 Å². The van der Waals surface area contributed by atoms with Crippen molar-refractivity contribution in [2.75, 3.05) is 54.9 Å². The lowest BCUT2D eigenvalue weighted by atomic mass is 9.98. The van der Waals surface area contributed by atoms with Gasteiger partial charge >= 0.3 is 0 Å². The number of hydrazine groups is 2. The molecule has 1 atom stereocenters. The van der Waals surface area contributed by atoms with Gasteiger partial charge in [0.2, 0.25) is 0 Å². The maximum Gasteiger partial charge on any atom is 0.185 e. The molecular formula is C35H39Cl2FN10OS. The van der Waals surface area contributed by atoms with Gasteiger partial charge in [0.15, 0.2) is 5.13 Å². The third-order valence-corrected chi connectivity index (χ3v) is 10.9. The smallest absolute Gasteiger partial charge is 0.185 e. The molecule has 50 heavy (non-hydrogen) atoms. The lowest BCUT2D eigenvalue weighted by Crippen LogP contribution is -2.52. The maximum atomic E-state index is 13.9. The molecule has 0 amide bonds. The zero-order valence-electron chi connectivity index (χ0n) is 28.1. The number of nitrogens with zero attached hydrogens (tertiary/aromatic N) is 6. The fourth-order valence-corrected chi connectivity index (χ4v) is 7.92. The normalized spacial score (nSPS) is 18.1. The van der Waals surface area contributed by atoms with Crippen molar-refractivity contribution in [1.82, 2.24) is 30.8 Å². The summed E-state index contributed by atoms with van der Waals surface area (Å²) in [4.78, 5) is 14.4. The summed E-state index contributed by atoms with van der Waals surface area (Å²) in [6, 6.07) is 10.2. The molecule has 2 aromatic carbocycles. The van der Waals surface area contributed by atoms with Crippen LogP contribution in [-0.4, -0.2) is 70.9 Å². The van der Waals surface area contributed by atoms with Gasteiger partial charge in [0.05, 0.1) is 51.4 Å². The monoisotopic (exact) mass is 736 g/mol.